The standard InChI is InChI=1S/C17H20N4O6S/c1-8(15(23)21-17-19-7-12(28-17)14(18)22)20-16(24)9-5-10(25-2)13(27-4)11(6-9)26-3/h5-8H,1-4H3,(H2,18,22)(H,20,24)(H,19,21,23). The molecule has 1 unspecified atom stereocenters. The van der Waals surface area contributed by atoms with Gasteiger partial charge in [-0.1, -0.05) is 11.3 Å². The van der Waals surface area contributed by atoms with Crippen molar-refractivity contribution >= 4 is 34.2 Å². The maximum Gasteiger partial charge on any atom is 0.260 e. The molecule has 2 rings (SSSR count). The molecule has 28 heavy (non-hydrogen) atoms. The molecule has 1 aromatic heterocycles. The summed E-state index contributed by atoms with van der Waals surface area (Å²) < 4.78 is 15.6. The number of aromatic nitrogens is 1. The lowest BCUT2D eigenvalue weighted by Crippen LogP contribution is -2.41. The number of nitrogens with one attached hydrogen (secondary N) is 2. The van der Waals surface area contributed by atoms with Gasteiger partial charge in [0, 0.05) is 5.56 Å². The molecular weight excluding hydrogens is 388 g/mol. The summed E-state index contributed by atoms with van der Waals surface area (Å²) in [6.07, 6.45) is 1.27. The Morgan fingerprint density at radius 3 is 2.18 bits per heavy atom. The molecule has 1 atom stereocenters. The first-order valence-corrected chi connectivity index (χ1v) is 8.79. The number of carbonyl (C=O) groups excluding carboxylic acids is 3. The van der Waals surface area contributed by atoms with Crippen molar-refractivity contribution in [2.45, 2.75) is 13.0 Å². The molecule has 11 heteroatoms. The molecule has 1 aromatic carbocycles. The van der Waals surface area contributed by atoms with E-state index in [-0.39, 0.29) is 15.6 Å². The minimum Gasteiger partial charge on any atom is -0.493 e. The summed E-state index contributed by atoms with van der Waals surface area (Å²) >= 11 is 0.939. The third-order valence-electron chi connectivity index (χ3n) is 3.65. The fraction of sp³-hybridized carbons (Fsp3) is 0.294. The second kappa shape index (κ2) is 9.04. The lowest BCUT2D eigenvalue weighted by Gasteiger charge is -2.16. The van der Waals surface area contributed by atoms with Crippen LogP contribution in [0.3, 0.4) is 0 Å². The van der Waals surface area contributed by atoms with Gasteiger partial charge in [0.25, 0.3) is 11.8 Å². The Hall–Kier alpha value is -3.34. The Bertz CT molecular complexity index is 873. The summed E-state index contributed by atoms with van der Waals surface area (Å²) in [6.45, 7) is 1.51. The highest BCUT2D eigenvalue weighted by molar-refractivity contribution is 7.17. The van der Waals surface area contributed by atoms with Crippen molar-refractivity contribution in [3.63, 3.8) is 0 Å². The Labute approximate surface area is 165 Å². The number of anilines is 1. The Kier molecular flexibility index (Phi) is 6.77. The number of rotatable bonds is 8. The quantitative estimate of drug-likeness (QED) is 0.592. The molecule has 0 aliphatic rings. The van der Waals surface area contributed by atoms with Crippen LogP contribution in [-0.2, 0) is 4.79 Å². The second-order valence-electron chi connectivity index (χ2n) is 5.49. The first kappa shape index (κ1) is 21.0. The van der Waals surface area contributed by atoms with Crippen molar-refractivity contribution in [1.82, 2.24) is 10.3 Å². The van der Waals surface area contributed by atoms with E-state index >= 15 is 0 Å². The minimum atomic E-state index is -0.882. The topological polar surface area (TPSA) is 142 Å². The Balaban J connectivity index is 2.10. The van der Waals surface area contributed by atoms with Crippen LogP contribution in [0.1, 0.15) is 27.0 Å². The van der Waals surface area contributed by atoms with E-state index in [2.05, 4.69) is 15.6 Å². The molecule has 0 radical (unpaired) electrons. The average Bonchev–Trinajstić information content (AvgIpc) is 3.15. The summed E-state index contributed by atoms with van der Waals surface area (Å²) in [4.78, 5) is 40.0. The van der Waals surface area contributed by atoms with Crippen LogP contribution < -0.4 is 30.6 Å². The minimum absolute atomic E-state index is 0.202. The fourth-order valence-electron chi connectivity index (χ4n) is 2.22. The molecular formula is C17H20N4O6S. The number of thiazole rings is 1. The maximum absolute atomic E-state index is 12.5. The lowest BCUT2D eigenvalue weighted by molar-refractivity contribution is -0.117. The first-order chi connectivity index (χ1) is 13.3. The zero-order chi connectivity index (χ0) is 20.8. The summed E-state index contributed by atoms with van der Waals surface area (Å²) in [5, 5.41) is 5.28. The summed E-state index contributed by atoms with van der Waals surface area (Å²) in [5.74, 6) is -0.690. The van der Waals surface area contributed by atoms with E-state index in [1.165, 1.54) is 46.6 Å². The van der Waals surface area contributed by atoms with Crippen molar-refractivity contribution in [1.29, 1.82) is 0 Å². The predicted octanol–water partition coefficient (Wildman–Crippen LogP) is 1.02. The van der Waals surface area contributed by atoms with Gasteiger partial charge in [0.2, 0.25) is 11.7 Å². The largest absolute Gasteiger partial charge is 0.493 e. The van der Waals surface area contributed by atoms with E-state index in [9.17, 15) is 14.4 Å². The van der Waals surface area contributed by atoms with E-state index < -0.39 is 23.8 Å². The van der Waals surface area contributed by atoms with Gasteiger partial charge in [-0.25, -0.2) is 4.98 Å². The first-order valence-electron chi connectivity index (χ1n) is 7.98. The average molecular weight is 408 g/mol. The molecule has 0 spiro atoms. The van der Waals surface area contributed by atoms with Crippen molar-refractivity contribution in [2.24, 2.45) is 5.73 Å². The molecule has 0 fully saturated rings. The highest BCUT2D eigenvalue weighted by atomic mass is 32.1. The number of nitrogens with two attached hydrogens (primary N) is 1. The maximum atomic E-state index is 12.5. The molecule has 0 aliphatic heterocycles. The van der Waals surface area contributed by atoms with Crippen molar-refractivity contribution < 1.29 is 28.6 Å². The molecule has 150 valence electrons. The molecule has 0 aliphatic carbocycles. The van der Waals surface area contributed by atoms with Crippen molar-refractivity contribution in [3.05, 3.63) is 28.8 Å². The number of amides is 3. The van der Waals surface area contributed by atoms with Gasteiger partial charge in [-0.3, -0.25) is 14.4 Å². The molecule has 2 aromatic rings. The van der Waals surface area contributed by atoms with Gasteiger partial charge in [0.15, 0.2) is 16.6 Å². The number of nitrogens with zero attached hydrogens (tertiary/aromatic N) is 1. The second-order valence-corrected chi connectivity index (χ2v) is 6.52. The molecule has 0 saturated carbocycles. The molecule has 1 heterocycles. The Morgan fingerprint density at radius 1 is 1.11 bits per heavy atom. The van der Waals surface area contributed by atoms with Gasteiger partial charge >= 0.3 is 0 Å². The number of carbonyl (C=O) groups is 3. The van der Waals surface area contributed by atoms with Crippen LogP contribution in [0.4, 0.5) is 5.13 Å². The SMILES string of the molecule is COc1cc(C(=O)NC(C)C(=O)Nc2ncc(C(N)=O)s2)cc(OC)c1OC. The third-order valence-corrected chi connectivity index (χ3v) is 4.57. The number of methoxy groups -OCH3 is 3. The molecule has 4 N–H and O–H groups in total. The van der Waals surface area contributed by atoms with Crippen molar-refractivity contribution in [3.8, 4) is 17.2 Å². The van der Waals surface area contributed by atoms with E-state index in [4.69, 9.17) is 19.9 Å². The highest BCUT2D eigenvalue weighted by Gasteiger charge is 2.21. The van der Waals surface area contributed by atoms with E-state index in [1.807, 2.05) is 0 Å². The lowest BCUT2D eigenvalue weighted by atomic mass is 10.1. The van der Waals surface area contributed by atoms with Gasteiger partial charge in [-0.05, 0) is 19.1 Å². The van der Waals surface area contributed by atoms with E-state index in [0.29, 0.717) is 17.2 Å². The Morgan fingerprint density at radius 2 is 1.71 bits per heavy atom. The van der Waals surface area contributed by atoms with Crippen LogP contribution in [0.25, 0.3) is 0 Å². The normalized spacial score (nSPS) is 11.3. The van der Waals surface area contributed by atoms with Crippen molar-refractivity contribution in [2.75, 3.05) is 26.6 Å². The molecule has 0 saturated heterocycles. The van der Waals surface area contributed by atoms with Crippen LogP contribution in [0.5, 0.6) is 17.2 Å². The van der Waals surface area contributed by atoms with Gasteiger partial charge in [-0.2, -0.15) is 0 Å². The number of benzene rings is 1. The highest BCUT2D eigenvalue weighted by Crippen LogP contribution is 2.38. The summed E-state index contributed by atoms with van der Waals surface area (Å²) in [7, 11) is 4.32. The van der Waals surface area contributed by atoms with Crippen LogP contribution in [0.15, 0.2) is 18.3 Å². The van der Waals surface area contributed by atoms with Gasteiger partial charge < -0.3 is 30.6 Å². The van der Waals surface area contributed by atoms with Crippen LogP contribution in [0.2, 0.25) is 0 Å². The monoisotopic (exact) mass is 408 g/mol. The number of hydrogen-bond donors (Lipinski definition) is 3. The van der Waals surface area contributed by atoms with Crippen LogP contribution in [0, 0.1) is 0 Å². The van der Waals surface area contributed by atoms with Crippen LogP contribution >= 0.6 is 11.3 Å². The smallest absolute Gasteiger partial charge is 0.260 e. The molecule has 0 bridgehead atoms. The van der Waals surface area contributed by atoms with Gasteiger partial charge in [0.05, 0.1) is 27.5 Å². The third kappa shape index (κ3) is 4.68. The zero-order valence-electron chi connectivity index (χ0n) is 15.7. The van der Waals surface area contributed by atoms with Gasteiger partial charge in [-0.15, -0.1) is 0 Å². The summed E-state index contributed by atoms with van der Waals surface area (Å²) in [5.41, 5.74) is 5.37. The number of hydrogen-bond acceptors (Lipinski definition) is 8. The zero-order valence-corrected chi connectivity index (χ0v) is 16.5. The van der Waals surface area contributed by atoms with E-state index in [0.717, 1.165) is 11.3 Å². The fourth-order valence-corrected chi connectivity index (χ4v) is 2.89. The van der Waals surface area contributed by atoms with Gasteiger partial charge in [0.1, 0.15) is 10.9 Å². The predicted molar refractivity (Wildman–Crippen MR) is 102 cm³/mol. The molecule has 3 amide bonds. The summed E-state index contributed by atoms with van der Waals surface area (Å²) in [6, 6.07) is 2.07. The number of ether oxygens (including phenoxy) is 3. The molecule has 10 nitrogen and oxygen atoms in total. The van der Waals surface area contributed by atoms with E-state index in [1.54, 1.807) is 0 Å². The van der Waals surface area contributed by atoms with Crippen LogP contribution in [-0.4, -0.2) is 50.1 Å². The number of primary amides is 1.